The van der Waals surface area contributed by atoms with Crippen molar-refractivity contribution in [3.8, 4) is 0 Å². The van der Waals surface area contributed by atoms with Crippen LogP contribution >= 0.6 is 0 Å². The first-order valence-electron chi connectivity index (χ1n) is 7.34. The van der Waals surface area contributed by atoms with Gasteiger partial charge in [0.05, 0.1) is 11.4 Å². The van der Waals surface area contributed by atoms with E-state index in [0.717, 1.165) is 17.3 Å². The third-order valence-corrected chi connectivity index (χ3v) is 4.29. The molecular weight excluding hydrogens is 220 g/mol. The Morgan fingerprint density at radius 3 is 2.61 bits per heavy atom. The van der Waals surface area contributed by atoms with Gasteiger partial charge in [-0.05, 0) is 43.7 Å². The number of nitrogens with two attached hydrogens (primary N) is 1. The highest BCUT2D eigenvalue weighted by Gasteiger charge is 2.22. The van der Waals surface area contributed by atoms with Gasteiger partial charge in [-0.25, -0.2) is 0 Å². The molecule has 1 aromatic carbocycles. The highest BCUT2D eigenvalue weighted by Crippen LogP contribution is 2.32. The van der Waals surface area contributed by atoms with Crippen LogP contribution in [0.3, 0.4) is 0 Å². The van der Waals surface area contributed by atoms with Gasteiger partial charge in [0.2, 0.25) is 0 Å². The maximum absolute atomic E-state index is 6.09. The number of anilines is 2. The first-order valence-corrected chi connectivity index (χ1v) is 7.34. The van der Waals surface area contributed by atoms with Crippen molar-refractivity contribution in [2.45, 2.75) is 58.4 Å². The predicted octanol–water partition coefficient (Wildman–Crippen LogP) is 4.35. The van der Waals surface area contributed by atoms with Crippen molar-refractivity contribution in [2.75, 3.05) is 11.1 Å². The van der Waals surface area contributed by atoms with Crippen molar-refractivity contribution in [3.05, 3.63) is 23.8 Å². The Hall–Kier alpha value is -1.18. The lowest BCUT2D eigenvalue weighted by Gasteiger charge is -2.31. The van der Waals surface area contributed by atoms with Gasteiger partial charge >= 0.3 is 0 Å². The number of benzene rings is 1. The molecule has 2 heteroatoms. The Bertz CT molecular complexity index is 360. The second-order valence-electron chi connectivity index (χ2n) is 5.60. The zero-order chi connectivity index (χ0) is 13.0. The Balaban J connectivity index is 2.09. The SMILES string of the molecule is CCC(Nc1c(C)cccc1N)C1CCCCC1. The van der Waals surface area contributed by atoms with Crippen LogP contribution in [0.1, 0.15) is 51.0 Å². The lowest BCUT2D eigenvalue weighted by Crippen LogP contribution is -2.30. The van der Waals surface area contributed by atoms with Crippen molar-refractivity contribution in [3.63, 3.8) is 0 Å². The Morgan fingerprint density at radius 2 is 2.00 bits per heavy atom. The lowest BCUT2D eigenvalue weighted by atomic mass is 9.82. The molecule has 18 heavy (non-hydrogen) atoms. The number of para-hydroxylation sites is 1. The molecule has 0 saturated heterocycles. The molecule has 0 heterocycles. The molecule has 1 atom stereocenters. The smallest absolute Gasteiger partial charge is 0.0605 e. The average Bonchev–Trinajstić information content (AvgIpc) is 2.40. The summed E-state index contributed by atoms with van der Waals surface area (Å²) >= 11 is 0. The fraction of sp³-hybridized carbons (Fsp3) is 0.625. The molecule has 1 fully saturated rings. The van der Waals surface area contributed by atoms with Gasteiger partial charge in [0, 0.05) is 6.04 Å². The number of hydrogen-bond donors (Lipinski definition) is 2. The molecule has 0 bridgehead atoms. The van der Waals surface area contributed by atoms with Crippen LogP contribution in [-0.2, 0) is 0 Å². The molecule has 0 spiro atoms. The maximum atomic E-state index is 6.09. The summed E-state index contributed by atoms with van der Waals surface area (Å²) in [7, 11) is 0. The van der Waals surface area contributed by atoms with Crippen LogP contribution in [0.5, 0.6) is 0 Å². The normalized spacial score (nSPS) is 18.6. The van der Waals surface area contributed by atoms with E-state index in [1.54, 1.807) is 0 Å². The topological polar surface area (TPSA) is 38.0 Å². The van der Waals surface area contributed by atoms with Gasteiger partial charge in [0.15, 0.2) is 0 Å². The summed E-state index contributed by atoms with van der Waals surface area (Å²) in [6.07, 6.45) is 8.13. The monoisotopic (exact) mass is 246 g/mol. The minimum atomic E-state index is 0.578. The second-order valence-corrected chi connectivity index (χ2v) is 5.60. The molecule has 0 radical (unpaired) electrons. The molecule has 2 rings (SSSR count). The standard InChI is InChI=1S/C16H26N2/c1-3-15(13-9-5-4-6-10-13)18-16-12(2)8-7-11-14(16)17/h7-8,11,13,15,18H,3-6,9-10,17H2,1-2H3. The van der Waals surface area contributed by atoms with E-state index in [1.165, 1.54) is 44.1 Å². The first-order chi connectivity index (χ1) is 8.72. The van der Waals surface area contributed by atoms with E-state index >= 15 is 0 Å². The maximum Gasteiger partial charge on any atom is 0.0605 e. The molecule has 1 aromatic rings. The van der Waals surface area contributed by atoms with E-state index in [9.17, 15) is 0 Å². The van der Waals surface area contributed by atoms with E-state index in [4.69, 9.17) is 5.73 Å². The van der Waals surface area contributed by atoms with E-state index in [1.807, 2.05) is 12.1 Å². The molecule has 0 amide bonds. The van der Waals surface area contributed by atoms with Crippen LogP contribution in [0.2, 0.25) is 0 Å². The molecule has 3 N–H and O–H groups in total. The van der Waals surface area contributed by atoms with Crippen LogP contribution in [-0.4, -0.2) is 6.04 Å². The van der Waals surface area contributed by atoms with E-state index in [0.29, 0.717) is 6.04 Å². The molecule has 100 valence electrons. The lowest BCUT2D eigenvalue weighted by molar-refractivity contribution is 0.313. The third kappa shape index (κ3) is 2.98. The molecule has 1 aliphatic carbocycles. The fourth-order valence-corrected chi connectivity index (χ4v) is 3.16. The summed E-state index contributed by atoms with van der Waals surface area (Å²) in [5.74, 6) is 0.822. The number of hydrogen-bond acceptors (Lipinski definition) is 2. The molecule has 1 unspecified atom stereocenters. The molecule has 2 nitrogen and oxygen atoms in total. The van der Waals surface area contributed by atoms with E-state index in [-0.39, 0.29) is 0 Å². The van der Waals surface area contributed by atoms with Crippen LogP contribution in [0, 0.1) is 12.8 Å². The Labute approximate surface area is 111 Å². The van der Waals surface area contributed by atoms with Gasteiger partial charge in [-0.2, -0.15) is 0 Å². The summed E-state index contributed by atoms with van der Waals surface area (Å²) in [5.41, 5.74) is 9.37. The van der Waals surface area contributed by atoms with Gasteiger partial charge < -0.3 is 11.1 Å². The van der Waals surface area contributed by atoms with Crippen LogP contribution < -0.4 is 11.1 Å². The number of aryl methyl sites for hydroxylation is 1. The Kier molecular flexibility index (Phi) is 4.51. The quantitative estimate of drug-likeness (QED) is 0.775. The van der Waals surface area contributed by atoms with Crippen LogP contribution in [0.25, 0.3) is 0 Å². The summed E-state index contributed by atoms with van der Waals surface area (Å²) < 4.78 is 0. The zero-order valence-electron chi connectivity index (χ0n) is 11.7. The van der Waals surface area contributed by atoms with Crippen molar-refractivity contribution in [1.29, 1.82) is 0 Å². The average molecular weight is 246 g/mol. The third-order valence-electron chi connectivity index (χ3n) is 4.29. The molecule has 1 saturated carbocycles. The number of nitrogen functional groups attached to an aromatic ring is 1. The Morgan fingerprint density at radius 1 is 1.28 bits per heavy atom. The molecule has 0 aliphatic heterocycles. The van der Waals surface area contributed by atoms with E-state index in [2.05, 4.69) is 25.2 Å². The predicted molar refractivity (Wildman–Crippen MR) is 79.9 cm³/mol. The minimum Gasteiger partial charge on any atom is -0.397 e. The zero-order valence-corrected chi connectivity index (χ0v) is 11.7. The van der Waals surface area contributed by atoms with Gasteiger partial charge in [-0.15, -0.1) is 0 Å². The molecule has 0 aromatic heterocycles. The van der Waals surface area contributed by atoms with Crippen molar-refractivity contribution < 1.29 is 0 Å². The largest absolute Gasteiger partial charge is 0.397 e. The second kappa shape index (κ2) is 6.12. The van der Waals surface area contributed by atoms with Crippen LogP contribution in [0.4, 0.5) is 11.4 Å². The van der Waals surface area contributed by atoms with Gasteiger partial charge in [-0.3, -0.25) is 0 Å². The summed E-state index contributed by atoms with van der Waals surface area (Å²) in [5, 5.41) is 3.71. The highest BCUT2D eigenvalue weighted by atomic mass is 14.9. The van der Waals surface area contributed by atoms with Crippen molar-refractivity contribution in [2.24, 2.45) is 5.92 Å². The minimum absolute atomic E-state index is 0.578. The van der Waals surface area contributed by atoms with E-state index < -0.39 is 0 Å². The summed E-state index contributed by atoms with van der Waals surface area (Å²) in [6.45, 7) is 4.41. The van der Waals surface area contributed by atoms with Crippen molar-refractivity contribution >= 4 is 11.4 Å². The number of nitrogens with one attached hydrogen (secondary N) is 1. The summed E-state index contributed by atoms with van der Waals surface area (Å²) in [6, 6.07) is 6.72. The molecular formula is C16H26N2. The summed E-state index contributed by atoms with van der Waals surface area (Å²) in [4.78, 5) is 0. The van der Waals surface area contributed by atoms with Crippen LogP contribution in [0.15, 0.2) is 18.2 Å². The van der Waals surface area contributed by atoms with Crippen molar-refractivity contribution in [1.82, 2.24) is 0 Å². The molecule has 1 aliphatic rings. The first kappa shape index (κ1) is 13.3. The highest BCUT2D eigenvalue weighted by molar-refractivity contribution is 5.70. The van der Waals surface area contributed by atoms with Gasteiger partial charge in [0.25, 0.3) is 0 Å². The number of rotatable bonds is 4. The fourth-order valence-electron chi connectivity index (χ4n) is 3.16. The van der Waals surface area contributed by atoms with Gasteiger partial charge in [-0.1, -0.05) is 38.3 Å². The van der Waals surface area contributed by atoms with Gasteiger partial charge in [0.1, 0.15) is 0 Å².